The third-order valence-electron chi connectivity index (χ3n) is 9.42. The van der Waals surface area contributed by atoms with Gasteiger partial charge >= 0.3 is 5.97 Å². The van der Waals surface area contributed by atoms with Gasteiger partial charge in [-0.25, -0.2) is 9.63 Å². The monoisotopic (exact) mass is 477 g/mol. The zero-order chi connectivity index (χ0) is 24.2. The van der Waals surface area contributed by atoms with Gasteiger partial charge in [-0.15, -0.1) is 0 Å². The average Bonchev–Trinajstić information content (AvgIpc) is 3.56. The van der Waals surface area contributed by atoms with E-state index in [1.165, 1.54) is 18.2 Å². The molecule has 2 aromatic rings. The largest absolute Gasteiger partial charge is 0.467 e. The summed E-state index contributed by atoms with van der Waals surface area (Å²) in [6.07, 6.45) is 3.92. The molecule has 2 saturated heterocycles. The topological polar surface area (TPSA) is 57.2 Å². The Hall–Kier alpha value is -2.25. The fraction of sp³-hybridized carbons (Fsp3) is 0.552. The minimum atomic E-state index is -0.625. The number of hydrogen-bond acceptors (Lipinski definition) is 6. The van der Waals surface area contributed by atoms with E-state index in [1.54, 1.807) is 5.23 Å². The minimum absolute atomic E-state index is 0.0275. The highest BCUT2D eigenvalue weighted by Gasteiger charge is 2.68. The van der Waals surface area contributed by atoms with Gasteiger partial charge < -0.3 is 9.47 Å². The fourth-order valence-electron chi connectivity index (χ4n) is 7.64. The molecule has 0 unspecified atom stereocenters. The number of esters is 1. The summed E-state index contributed by atoms with van der Waals surface area (Å²) in [4.78, 5) is 25.0. The van der Waals surface area contributed by atoms with E-state index in [1.807, 2.05) is 0 Å². The first-order valence-electron chi connectivity index (χ1n) is 13.0. The Bertz CT molecular complexity index is 1020. The number of ether oxygens (including phenoxy) is 2. The summed E-state index contributed by atoms with van der Waals surface area (Å²) in [5.41, 5.74) is 1.98. The SMILES string of the molecule is COC(=O)[C@H]1ON2O[C@@H](O[C@@H]3CCCC3(c3ccccc3)c3ccccc3)[C@H](C)[C@@H]3CC[C@H]1[C@@]32C. The van der Waals surface area contributed by atoms with Crippen molar-refractivity contribution in [2.45, 2.75) is 75.4 Å². The van der Waals surface area contributed by atoms with Gasteiger partial charge in [-0.2, -0.15) is 0 Å². The normalized spacial score (nSPS) is 37.8. The molecule has 2 saturated carbocycles. The number of rotatable bonds is 5. The lowest BCUT2D eigenvalue weighted by atomic mass is 9.71. The maximum atomic E-state index is 12.5. The molecule has 0 bridgehead atoms. The number of hydroxylamine groups is 2. The lowest BCUT2D eigenvalue weighted by molar-refractivity contribution is -0.473. The smallest absolute Gasteiger partial charge is 0.337 e. The third kappa shape index (κ3) is 3.34. The second kappa shape index (κ2) is 8.70. The number of carbonyl (C=O) groups excluding carboxylic acids is 1. The average molecular weight is 478 g/mol. The molecular weight excluding hydrogens is 442 g/mol. The van der Waals surface area contributed by atoms with Crippen molar-refractivity contribution in [2.24, 2.45) is 17.8 Å². The van der Waals surface area contributed by atoms with Crippen molar-refractivity contribution >= 4 is 5.97 Å². The van der Waals surface area contributed by atoms with Crippen LogP contribution in [0.15, 0.2) is 60.7 Å². The predicted octanol–water partition coefficient (Wildman–Crippen LogP) is 5.02. The molecule has 4 fully saturated rings. The van der Waals surface area contributed by atoms with Crippen LogP contribution < -0.4 is 0 Å². The Labute approximate surface area is 207 Å². The van der Waals surface area contributed by atoms with Gasteiger partial charge in [0.05, 0.1) is 18.8 Å². The molecule has 2 aliphatic carbocycles. The second-order valence-electron chi connectivity index (χ2n) is 10.9. The fourth-order valence-corrected chi connectivity index (χ4v) is 7.64. The van der Waals surface area contributed by atoms with Gasteiger partial charge in [0, 0.05) is 17.3 Å². The molecule has 0 aromatic heterocycles. The highest BCUT2D eigenvalue weighted by Crippen LogP contribution is 2.59. The summed E-state index contributed by atoms with van der Waals surface area (Å²) < 4.78 is 12.0. The van der Waals surface area contributed by atoms with Gasteiger partial charge in [-0.05, 0) is 56.1 Å². The molecule has 4 aliphatic rings. The van der Waals surface area contributed by atoms with Crippen LogP contribution in [-0.4, -0.2) is 42.3 Å². The lowest BCUT2D eigenvalue weighted by Crippen LogP contribution is -2.59. The standard InChI is InChI=1S/C29H35NO5/c1-19-22-16-17-23-25(26(31)32-3)34-30(28(22,23)2)35-27(19)33-24-15-10-18-29(24,20-11-6-4-7-12-20)21-13-8-5-9-14-21/h4-9,11-14,19,22-25,27H,10,15-18H2,1-3H3/t19-,22+,23-,24-,25+,27-,28-/m1/s1. The van der Waals surface area contributed by atoms with Crippen molar-refractivity contribution in [3.8, 4) is 0 Å². The highest BCUT2D eigenvalue weighted by molar-refractivity contribution is 5.75. The Morgan fingerprint density at radius 2 is 1.57 bits per heavy atom. The summed E-state index contributed by atoms with van der Waals surface area (Å²) in [6.45, 7) is 4.40. The van der Waals surface area contributed by atoms with Crippen molar-refractivity contribution < 1.29 is 23.9 Å². The first-order valence-corrected chi connectivity index (χ1v) is 13.0. The maximum absolute atomic E-state index is 12.5. The molecule has 0 spiro atoms. The summed E-state index contributed by atoms with van der Waals surface area (Å²) >= 11 is 0. The van der Waals surface area contributed by atoms with Gasteiger partial charge in [0.15, 0.2) is 12.4 Å². The molecule has 7 atom stereocenters. The van der Waals surface area contributed by atoms with Crippen LogP contribution in [0.4, 0.5) is 0 Å². The molecular formula is C29H35NO5. The lowest BCUT2D eigenvalue weighted by Gasteiger charge is -2.49. The molecule has 6 heteroatoms. The van der Waals surface area contributed by atoms with E-state index in [-0.39, 0.29) is 34.9 Å². The van der Waals surface area contributed by atoms with Crippen LogP contribution in [0.1, 0.15) is 57.1 Å². The van der Waals surface area contributed by atoms with E-state index in [9.17, 15) is 4.79 Å². The third-order valence-corrected chi connectivity index (χ3v) is 9.42. The molecule has 6 nitrogen and oxygen atoms in total. The van der Waals surface area contributed by atoms with E-state index in [0.29, 0.717) is 5.92 Å². The molecule has 2 heterocycles. The van der Waals surface area contributed by atoms with Crippen molar-refractivity contribution in [1.82, 2.24) is 5.23 Å². The van der Waals surface area contributed by atoms with Crippen LogP contribution in [0.3, 0.4) is 0 Å². The van der Waals surface area contributed by atoms with Crippen LogP contribution in [-0.2, 0) is 29.4 Å². The van der Waals surface area contributed by atoms with E-state index in [4.69, 9.17) is 19.1 Å². The van der Waals surface area contributed by atoms with Crippen LogP contribution in [0, 0.1) is 17.8 Å². The summed E-state index contributed by atoms with van der Waals surface area (Å²) in [5, 5.41) is 1.60. The number of nitrogens with zero attached hydrogens (tertiary/aromatic N) is 1. The molecule has 2 aromatic carbocycles. The quantitative estimate of drug-likeness (QED) is 0.564. The van der Waals surface area contributed by atoms with Gasteiger partial charge in [0.25, 0.3) is 0 Å². The second-order valence-corrected chi connectivity index (χ2v) is 10.9. The Morgan fingerprint density at radius 3 is 2.20 bits per heavy atom. The predicted molar refractivity (Wildman–Crippen MR) is 130 cm³/mol. The van der Waals surface area contributed by atoms with Crippen molar-refractivity contribution in [1.29, 1.82) is 0 Å². The van der Waals surface area contributed by atoms with E-state index in [2.05, 4.69) is 74.5 Å². The van der Waals surface area contributed by atoms with Crippen LogP contribution in [0.25, 0.3) is 0 Å². The number of methoxy groups -OCH3 is 1. The first-order chi connectivity index (χ1) is 17.0. The number of hydrogen-bond donors (Lipinski definition) is 0. The zero-order valence-corrected chi connectivity index (χ0v) is 20.8. The van der Waals surface area contributed by atoms with Gasteiger partial charge in [0.2, 0.25) is 0 Å². The first kappa shape index (κ1) is 23.2. The van der Waals surface area contributed by atoms with Gasteiger partial charge in [-0.1, -0.05) is 72.8 Å². The Morgan fingerprint density at radius 1 is 0.943 bits per heavy atom. The molecule has 0 N–H and O–H groups in total. The van der Waals surface area contributed by atoms with Crippen LogP contribution >= 0.6 is 0 Å². The molecule has 0 amide bonds. The van der Waals surface area contributed by atoms with Crippen LogP contribution in [0.2, 0.25) is 0 Å². The molecule has 2 aliphatic heterocycles. The summed E-state index contributed by atoms with van der Waals surface area (Å²) in [7, 11) is 1.42. The zero-order valence-electron chi connectivity index (χ0n) is 20.8. The number of benzene rings is 2. The summed E-state index contributed by atoms with van der Waals surface area (Å²) in [5.74, 6) is 0.210. The van der Waals surface area contributed by atoms with E-state index < -0.39 is 12.4 Å². The molecule has 186 valence electrons. The van der Waals surface area contributed by atoms with E-state index >= 15 is 0 Å². The minimum Gasteiger partial charge on any atom is -0.467 e. The molecule has 35 heavy (non-hydrogen) atoms. The van der Waals surface area contributed by atoms with Crippen LogP contribution in [0.5, 0.6) is 0 Å². The van der Waals surface area contributed by atoms with Gasteiger partial charge in [-0.3, -0.25) is 4.84 Å². The Balaban J connectivity index is 1.32. The highest BCUT2D eigenvalue weighted by atomic mass is 17.0. The maximum Gasteiger partial charge on any atom is 0.337 e. The van der Waals surface area contributed by atoms with Crippen molar-refractivity contribution in [2.75, 3.05) is 7.11 Å². The van der Waals surface area contributed by atoms with Crippen molar-refractivity contribution in [3.05, 3.63) is 71.8 Å². The summed E-state index contributed by atoms with van der Waals surface area (Å²) in [6, 6.07) is 21.5. The number of carbonyl (C=O) groups is 1. The molecule has 0 radical (unpaired) electrons. The Kier molecular flexibility index (Phi) is 5.76. The van der Waals surface area contributed by atoms with Gasteiger partial charge in [0.1, 0.15) is 0 Å². The molecule has 6 rings (SSSR count). The van der Waals surface area contributed by atoms with E-state index in [0.717, 1.165) is 32.1 Å². The van der Waals surface area contributed by atoms with Crippen molar-refractivity contribution in [3.63, 3.8) is 0 Å².